The van der Waals surface area contributed by atoms with E-state index in [0.717, 1.165) is 0 Å². The standard InChI is InChI=1S/C11H9F5N2OS/c1-3(10(17)20)2-18-11(19)4-5(12)7(14)9(16)8(15)6(4)13/h3H,2H2,1H3,(H2,17,20)(H,18,19). The summed E-state index contributed by atoms with van der Waals surface area (Å²) in [6.07, 6.45) is 0. The summed E-state index contributed by atoms with van der Waals surface area (Å²) in [6, 6.07) is 0. The third kappa shape index (κ3) is 3.03. The SMILES string of the molecule is CC(CNC(=O)c1c(F)c(F)c(F)c(F)c1F)C(N)=S. The summed E-state index contributed by atoms with van der Waals surface area (Å²) in [5.41, 5.74) is 3.71. The van der Waals surface area contributed by atoms with Crippen molar-refractivity contribution >= 4 is 23.1 Å². The predicted octanol–water partition coefficient (Wildman–Crippen LogP) is 2.03. The Kier molecular flexibility index (Phi) is 4.98. The summed E-state index contributed by atoms with van der Waals surface area (Å²) in [5.74, 6) is -13.0. The molecule has 20 heavy (non-hydrogen) atoms. The second-order valence-electron chi connectivity index (χ2n) is 3.96. The van der Waals surface area contributed by atoms with Crippen LogP contribution in [0.2, 0.25) is 0 Å². The molecule has 1 rings (SSSR count). The van der Waals surface area contributed by atoms with Crippen LogP contribution in [0.25, 0.3) is 0 Å². The molecule has 0 aliphatic carbocycles. The summed E-state index contributed by atoms with van der Waals surface area (Å²) < 4.78 is 65.2. The van der Waals surface area contributed by atoms with Crippen LogP contribution in [-0.4, -0.2) is 17.4 Å². The fraction of sp³-hybridized carbons (Fsp3) is 0.273. The van der Waals surface area contributed by atoms with Gasteiger partial charge in [-0.1, -0.05) is 19.1 Å². The fourth-order valence-corrected chi connectivity index (χ4v) is 1.32. The van der Waals surface area contributed by atoms with Gasteiger partial charge in [-0.05, 0) is 0 Å². The van der Waals surface area contributed by atoms with Crippen molar-refractivity contribution in [3.05, 3.63) is 34.6 Å². The van der Waals surface area contributed by atoms with Crippen LogP contribution in [0.5, 0.6) is 0 Å². The van der Waals surface area contributed by atoms with Gasteiger partial charge in [0.05, 0.1) is 4.99 Å². The summed E-state index contributed by atoms with van der Waals surface area (Å²) >= 11 is 4.61. The lowest BCUT2D eigenvalue weighted by Gasteiger charge is -2.12. The number of benzene rings is 1. The van der Waals surface area contributed by atoms with Crippen LogP contribution in [-0.2, 0) is 0 Å². The van der Waals surface area contributed by atoms with Crippen LogP contribution >= 0.6 is 12.2 Å². The molecule has 0 fully saturated rings. The Hall–Kier alpha value is -1.77. The highest BCUT2D eigenvalue weighted by Gasteiger charge is 2.29. The van der Waals surface area contributed by atoms with E-state index in [0.29, 0.717) is 0 Å². The van der Waals surface area contributed by atoms with Gasteiger partial charge in [-0.2, -0.15) is 0 Å². The summed E-state index contributed by atoms with van der Waals surface area (Å²) in [7, 11) is 0. The van der Waals surface area contributed by atoms with E-state index in [4.69, 9.17) is 5.73 Å². The lowest BCUT2D eigenvalue weighted by Crippen LogP contribution is -2.35. The quantitative estimate of drug-likeness (QED) is 0.387. The average Bonchev–Trinajstić information content (AvgIpc) is 2.40. The monoisotopic (exact) mass is 312 g/mol. The van der Waals surface area contributed by atoms with Crippen molar-refractivity contribution in [2.45, 2.75) is 6.92 Å². The van der Waals surface area contributed by atoms with E-state index in [1.807, 2.05) is 5.32 Å². The molecule has 9 heteroatoms. The Morgan fingerprint density at radius 3 is 1.90 bits per heavy atom. The van der Waals surface area contributed by atoms with Crippen molar-refractivity contribution in [1.29, 1.82) is 0 Å². The third-order valence-electron chi connectivity index (χ3n) is 2.49. The largest absolute Gasteiger partial charge is 0.393 e. The van der Waals surface area contributed by atoms with E-state index in [1.165, 1.54) is 6.92 Å². The first-order valence-electron chi connectivity index (χ1n) is 5.27. The van der Waals surface area contributed by atoms with Gasteiger partial charge in [-0.25, -0.2) is 22.0 Å². The van der Waals surface area contributed by atoms with Crippen LogP contribution in [0.15, 0.2) is 0 Å². The second kappa shape index (κ2) is 6.12. The number of thiocarbonyl (C=S) groups is 1. The first kappa shape index (κ1) is 16.3. The number of hydrogen-bond donors (Lipinski definition) is 2. The highest BCUT2D eigenvalue weighted by Crippen LogP contribution is 2.22. The molecule has 0 saturated carbocycles. The molecular formula is C11H9F5N2OS. The molecular weight excluding hydrogens is 303 g/mol. The Labute approximate surface area is 115 Å². The zero-order chi connectivity index (χ0) is 15.6. The van der Waals surface area contributed by atoms with Gasteiger partial charge in [0.15, 0.2) is 23.3 Å². The number of carbonyl (C=O) groups excluding carboxylic acids is 1. The molecule has 0 aliphatic heterocycles. The van der Waals surface area contributed by atoms with E-state index in [-0.39, 0.29) is 11.5 Å². The Bertz CT molecular complexity index is 549. The topological polar surface area (TPSA) is 55.1 Å². The molecule has 110 valence electrons. The lowest BCUT2D eigenvalue weighted by atomic mass is 10.1. The minimum Gasteiger partial charge on any atom is -0.393 e. The maximum atomic E-state index is 13.3. The summed E-state index contributed by atoms with van der Waals surface area (Å²) in [4.78, 5) is 11.5. The third-order valence-corrected chi connectivity index (χ3v) is 2.89. The molecule has 0 radical (unpaired) electrons. The van der Waals surface area contributed by atoms with Gasteiger partial charge < -0.3 is 11.1 Å². The molecule has 0 aromatic heterocycles. The van der Waals surface area contributed by atoms with Crippen LogP contribution in [0, 0.1) is 35.0 Å². The van der Waals surface area contributed by atoms with E-state index >= 15 is 0 Å². The minimum atomic E-state index is -2.33. The molecule has 1 atom stereocenters. The van der Waals surface area contributed by atoms with Crippen molar-refractivity contribution < 1.29 is 26.7 Å². The zero-order valence-electron chi connectivity index (χ0n) is 10.1. The normalized spacial score (nSPS) is 12.1. The van der Waals surface area contributed by atoms with Gasteiger partial charge in [-0.3, -0.25) is 4.79 Å². The second-order valence-corrected chi connectivity index (χ2v) is 4.43. The molecule has 3 N–H and O–H groups in total. The Morgan fingerprint density at radius 2 is 1.50 bits per heavy atom. The van der Waals surface area contributed by atoms with E-state index in [1.54, 1.807) is 0 Å². The molecule has 0 spiro atoms. The maximum Gasteiger partial charge on any atom is 0.257 e. The first-order chi connectivity index (χ1) is 9.18. The van der Waals surface area contributed by atoms with E-state index in [2.05, 4.69) is 12.2 Å². The van der Waals surface area contributed by atoms with E-state index < -0.39 is 46.5 Å². The Balaban J connectivity index is 3.08. The fourth-order valence-electron chi connectivity index (χ4n) is 1.24. The van der Waals surface area contributed by atoms with Crippen molar-refractivity contribution in [1.82, 2.24) is 5.32 Å². The lowest BCUT2D eigenvalue weighted by molar-refractivity contribution is 0.0939. The van der Waals surface area contributed by atoms with Gasteiger partial charge in [-0.15, -0.1) is 0 Å². The van der Waals surface area contributed by atoms with Gasteiger partial charge in [0, 0.05) is 12.5 Å². The zero-order valence-corrected chi connectivity index (χ0v) is 10.9. The van der Waals surface area contributed by atoms with Crippen LogP contribution < -0.4 is 11.1 Å². The number of nitrogens with one attached hydrogen (secondary N) is 1. The number of hydrogen-bond acceptors (Lipinski definition) is 2. The maximum absolute atomic E-state index is 13.3. The molecule has 1 unspecified atom stereocenters. The van der Waals surface area contributed by atoms with Gasteiger partial charge in [0.2, 0.25) is 5.82 Å². The first-order valence-corrected chi connectivity index (χ1v) is 5.68. The highest BCUT2D eigenvalue weighted by molar-refractivity contribution is 7.80. The minimum absolute atomic E-state index is 0.0303. The summed E-state index contributed by atoms with van der Waals surface area (Å²) in [5, 5.41) is 1.99. The Morgan fingerprint density at radius 1 is 1.10 bits per heavy atom. The van der Waals surface area contributed by atoms with Crippen LogP contribution in [0.1, 0.15) is 17.3 Å². The molecule has 1 aromatic carbocycles. The van der Waals surface area contributed by atoms with Crippen molar-refractivity contribution in [2.24, 2.45) is 11.7 Å². The average molecular weight is 312 g/mol. The summed E-state index contributed by atoms with van der Waals surface area (Å²) in [6.45, 7) is 1.31. The van der Waals surface area contributed by atoms with Gasteiger partial charge in [0.25, 0.3) is 5.91 Å². The molecule has 0 heterocycles. The van der Waals surface area contributed by atoms with Gasteiger partial charge >= 0.3 is 0 Å². The molecule has 1 amide bonds. The molecule has 0 bridgehead atoms. The molecule has 0 saturated heterocycles. The molecule has 0 aliphatic rings. The predicted molar refractivity (Wildman–Crippen MR) is 64.5 cm³/mol. The van der Waals surface area contributed by atoms with Gasteiger partial charge in [0.1, 0.15) is 5.56 Å². The number of halogens is 5. The van der Waals surface area contributed by atoms with Crippen molar-refractivity contribution in [3.8, 4) is 0 Å². The molecule has 3 nitrogen and oxygen atoms in total. The molecule has 1 aromatic rings. The number of amides is 1. The number of nitrogens with two attached hydrogens (primary N) is 1. The van der Waals surface area contributed by atoms with Crippen molar-refractivity contribution in [3.63, 3.8) is 0 Å². The smallest absolute Gasteiger partial charge is 0.257 e. The van der Waals surface area contributed by atoms with Crippen LogP contribution in [0.4, 0.5) is 22.0 Å². The van der Waals surface area contributed by atoms with Crippen molar-refractivity contribution in [2.75, 3.05) is 6.54 Å². The van der Waals surface area contributed by atoms with Crippen LogP contribution in [0.3, 0.4) is 0 Å². The number of carbonyl (C=O) groups is 1. The number of rotatable bonds is 4. The van der Waals surface area contributed by atoms with E-state index in [9.17, 15) is 26.7 Å². The highest BCUT2D eigenvalue weighted by atomic mass is 32.1.